The Morgan fingerprint density at radius 1 is 1.05 bits per heavy atom. The highest BCUT2D eigenvalue weighted by molar-refractivity contribution is 6.35. The molecule has 5 heteroatoms. The molecule has 0 spiro atoms. The summed E-state index contributed by atoms with van der Waals surface area (Å²) in [6.45, 7) is 1.86. The quantitative estimate of drug-likeness (QED) is 0.718. The zero-order valence-electron chi connectivity index (χ0n) is 11.8. The second kappa shape index (κ2) is 7.68. The fraction of sp³-hybridized carbons (Fsp3) is 0.118. The third-order valence-electron chi connectivity index (χ3n) is 3.08. The zero-order chi connectivity index (χ0) is 16.1. The summed E-state index contributed by atoms with van der Waals surface area (Å²) in [6.07, 6.45) is 3.20. The molecule has 0 radical (unpaired) electrons. The summed E-state index contributed by atoms with van der Waals surface area (Å²) in [5.41, 5.74) is 1.72. The predicted molar refractivity (Wildman–Crippen MR) is 93.5 cm³/mol. The van der Waals surface area contributed by atoms with E-state index in [1.54, 1.807) is 36.4 Å². The normalized spacial score (nSPS) is 12.4. The second-order valence-corrected chi connectivity index (χ2v) is 6.06. The first-order valence-electron chi connectivity index (χ1n) is 6.65. The predicted octanol–water partition coefficient (Wildman–Crippen LogP) is 5.54. The first-order chi connectivity index (χ1) is 10.5. The number of hydrogen-bond donors (Lipinski definition) is 1. The topological polar surface area (TPSA) is 29.1 Å². The van der Waals surface area contributed by atoms with Crippen LogP contribution in [0.3, 0.4) is 0 Å². The van der Waals surface area contributed by atoms with Crippen molar-refractivity contribution in [3.05, 3.63) is 74.7 Å². The van der Waals surface area contributed by atoms with Gasteiger partial charge in [-0.2, -0.15) is 0 Å². The molecule has 0 aliphatic heterocycles. The second-order valence-electron chi connectivity index (χ2n) is 4.78. The van der Waals surface area contributed by atoms with Crippen LogP contribution in [0.2, 0.25) is 15.1 Å². The molecule has 0 saturated carbocycles. The van der Waals surface area contributed by atoms with Crippen LogP contribution >= 0.6 is 34.8 Å². The van der Waals surface area contributed by atoms with Crippen LogP contribution in [0.25, 0.3) is 6.08 Å². The van der Waals surface area contributed by atoms with Crippen molar-refractivity contribution in [1.29, 1.82) is 0 Å². The molecule has 0 heterocycles. The van der Waals surface area contributed by atoms with Gasteiger partial charge in [-0.3, -0.25) is 4.79 Å². The molecule has 0 aliphatic carbocycles. The smallest absolute Gasteiger partial charge is 0.244 e. The van der Waals surface area contributed by atoms with Crippen molar-refractivity contribution in [3.8, 4) is 0 Å². The van der Waals surface area contributed by atoms with E-state index in [-0.39, 0.29) is 11.9 Å². The Bertz CT molecular complexity index is 696. The summed E-state index contributed by atoms with van der Waals surface area (Å²) < 4.78 is 0. The van der Waals surface area contributed by atoms with Crippen molar-refractivity contribution in [2.75, 3.05) is 0 Å². The van der Waals surface area contributed by atoms with Crippen molar-refractivity contribution in [2.24, 2.45) is 0 Å². The molecule has 114 valence electrons. The lowest BCUT2D eigenvalue weighted by atomic mass is 10.1. The summed E-state index contributed by atoms with van der Waals surface area (Å²) >= 11 is 17.8. The van der Waals surface area contributed by atoms with Crippen molar-refractivity contribution < 1.29 is 4.79 Å². The number of benzene rings is 2. The van der Waals surface area contributed by atoms with Gasteiger partial charge in [0.1, 0.15) is 0 Å². The Kier molecular flexibility index (Phi) is 5.90. The molecule has 2 nitrogen and oxygen atoms in total. The van der Waals surface area contributed by atoms with Crippen molar-refractivity contribution in [3.63, 3.8) is 0 Å². The Morgan fingerprint density at radius 3 is 2.32 bits per heavy atom. The van der Waals surface area contributed by atoms with Gasteiger partial charge in [0.25, 0.3) is 0 Å². The van der Waals surface area contributed by atoms with E-state index in [2.05, 4.69) is 5.32 Å². The lowest BCUT2D eigenvalue weighted by molar-refractivity contribution is -0.117. The Morgan fingerprint density at radius 2 is 1.68 bits per heavy atom. The summed E-state index contributed by atoms with van der Waals surface area (Å²) in [7, 11) is 0. The van der Waals surface area contributed by atoms with E-state index in [0.29, 0.717) is 15.1 Å². The minimum Gasteiger partial charge on any atom is -0.346 e. The summed E-state index contributed by atoms with van der Waals surface area (Å²) in [6, 6.07) is 12.2. The zero-order valence-corrected chi connectivity index (χ0v) is 14.1. The lowest BCUT2D eigenvalue weighted by Gasteiger charge is -2.14. The molecule has 22 heavy (non-hydrogen) atoms. The maximum atomic E-state index is 12.0. The first kappa shape index (κ1) is 16.9. The minimum atomic E-state index is -0.216. The van der Waals surface area contributed by atoms with Crippen LogP contribution in [-0.4, -0.2) is 5.91 Å². The van der Waals surface area contributed by atoms with Crippen LogP contribution < -0.4 is 5.32 Å². The number of hydrogen-bond acceptors (Lipinski definition) is 1. The third-order valence-corrected chi connectivity index (χ3v) is 3.90. The van der Waals surface area contributed by atoms with E-state index < -0.39 is 0 Å². The third kappa shape index (κ3) is 4.77. The number of halogens is 3. The fourth-order valence-electron chi connectivity index (χ4n) is 1.94. The van der Waals surface area contributed by atoms with Gasteiger partial charge in [-0.15, -0.1) is 0 Å². The molecule has 2 aromatic rings. The van der Waals surface area contributed by atoms with Gasteiger partial charge in [0, 0.05) is 21.1 Å². The van der Waals surface area contributed by atoms with Gasteiger partial charge in [0.15, 0.2) is 0 Å². The molecule has 2 rings (SSSR count). The van der Waals surface area contributed by atoms with E-state index in [9.17, 15) is 4.79 Å². The molecule has 0 saturated heterocycles. The molecule has 1 N–H and O–H groups in total. The molecule has 2 aromatic carbocycles. The van der Waals surface area contributed by atoms with Gasteiger partial charge in [-0.25, -0.2) is 0 Å². The average molecular weight is 355 g/mol. The number of nitrogens with one attached hydrogen (secondary N) is 1. The highest BCUT2D eigenvalue weighted by Gasteiger charge is 2.11. The van der Waals surface area contributed by atoms with Crippen LogP contribution in [-0.2, 0) is 4.79 Å². The van der Waals surface area contributed by atoms with E-state index in [1.165, 1.54) is 6.08 Å². The van der Waals surface area contributed by atoms with E-state index in [4.69, 9.17) is 34.8 Å². The molecule has 1 amide bonds. The van der Waals surface area contributed by atoms with Crippen molar-refractivity contribution in [1.82, 2.24) is 5.32 Å². The lowest BCUT2D eigenvalue weighted by Crippen LogP contribution is -2.24. The summed E-state index contributed by atoms with van der Waals surface area (Å²) in [5, 5.41) is 4.61. The van der Waals surface area contributed by atoms with Gasteiger partial charge in [-0.05, 0) is 48.4 Å². The monoisotopic (exact) mass is 353 g/mol. The maximum Gasteiger partial charge on any atom is 0.244 e. The Labute approximate surface area is 144 Å². The van der Waals surface area contributed by atoms with Gasteiger partial charge >= 0.3 is 0 Å². The van der Waals surface area contributed by atoms with Gasteiger partial charge in [-0.1, -0.05) is 53.0 Å². The Hall–Kier alpha value is -1.48. The van der Waals surface area contributed by atoms with Crippen molar-refractivity contribution in [2.45, 2.75) is 13.0 Å². The fourth-order valence-corrected chi connectivity index (χ4v) is 2.64. The van der Waals surface area contributed by atoms with E-state index >= 15 is 0 Å². The average Bonchev–Trinajstić information content (AvgIpc) is 2.46. The largest absolute Gasteiger partial charge is 0.346 e. The van der Waals surface area contributed by atoms with Crippen LogP contribution in [0.4, 0.5) is 0 Å². The summed E-state index contributed by atoms with van der Waals surface area (Å²) in [4.78, 5) is 12.0. The highest BCUT2D eigenvalue weighted by atomic mass is 35.5. The van der Waals surface area contributed by atoms with E-state index in [1.807, 2.05) is 19.1 Å². The SMILES string of the molecule is C[C@H](NC(=O)/C=C/c1ccc(Cl)cc1)c1ccc(Cl)cc1Cl. The molecule has 0 fully saturated rings. The number of amides is 1. The maximum absolute atomic E-state index is 12.0. The van der Waals surface area contributed by atoms with Crippen LogP contribution in [0, 0.1) is 0 Å². The van der Waals surface area contributed by atoms with Crippen molar-refractivity contribution >= 4 is 46.8 Å². The summed E-state index contributed by atoms with van der Waals surface area (Å²) in [5.74, 6) is -0.200. The van der Waals surface area contributed by atoms with Crippen LogP contribution in [0.1, 0.15) is 24.1 Å². The molecular formula is C17H14Cl3NO. The first-order valence-corrected chi connectivity index (χ1v) is 7.78. The number of carbonyl (C=O) groups excluding carboxylic acids is 1. The molecule has 0 aliphatic rings. The molecule has 0 aromatic heterocycles. The Balaban J connectivity index is 2.00. The number of carbonyl (C=O) groups is 1. The van der Waals surface area contributed by atoms with Gasteiger partial charge in [0.2, 0.25) is 5.91 Å². The highest BCUT2D eigenvalue weighted by Crippen LogP contribution is 2.26. The molecular weight excluding hydrogens is 341 g/mol. The van der Waals surface area contributed by atoms with Gasteiger partial charge in [0.05, 0.1) is 6.04 Å². The standard InChI is InChI=1S/C17H14Cl3NO/c1-11(15-8-7-14(19)10-16(15)20)21-17(22)9-4-12-2-5-13(18)6-3-12/h2-11H,1H3,(H,21,22)/b9-4+/t11-/m0/s1. The van der Waals surface area contributed by atoms with Crippen LogP contribution in [0.5, 0.6) is 0 Å². The minimum absolute atomic E-state index is 0.200. The van der Waals surface area contributed by atoms with Crippen LogP contribution in [0.15, 0.2) is 48.5 Å². The molecule has 0 unspecified atom stereocenters. The van der Waals surface area contributed by atoms with E-state index in [0.717, 1.165) is 11.1 Å². The molecule has 0 bridgehead atoms. The van der Waals surface area contributed by atoms with Gasteiger partial charge < -0.3 is 5.32 Å². The number of rotatable bonds is 4. The molecule has 1 atom stereocenters.